The fraction of sp³-hybridized carbons (Fsp3) is 0.364. The molecule has 1 saturated heterocycles. The molecule has 104 valence electrons. The van der Waals surface area contributed by atoms with Crippen molar-refractivity contribution in [2.24, 2.45) is 0 Å². The van der Waals surface area contributed by atoms with E-state index in [1.165, 1.54) is 30.0 Å². The van der Waals surface area contributed by atoms with Crippen LogP contribution in [0.3, 0.4) is 0 Å². The summed E-state index contributed by atoms with van der Waals surface area (Å²) in [5.41, 5.74) is 0. The van der Waals surface area contributed by atoms with Crippen LogP contribution >= 0.6 is 23.4 Å². The summed E-state index contributed by atoms with van der Waals surface area (Å²) in [6.07, 6.45) is 0. The first kappa shape index (κ1) is 14.6. The van der Waals surface area contributed by atoms with Crippen molar-refractivity contribution < 1.29 is 18.3 Å². The first-order chi connectivity index (χ1) is 8.93. The smallest absolute Gasteiger partial charge is 0.322 e. The lowest BCUT2D eigenvalue weighted by atomic mass is 10.3. The van der Waals surface area contributed by atoms with Crippen LogP contribution in [0.5, 0.6) is 0 Å². The minimum Gasteiger partial charge on any atom is -0.480 e. The van der Waals surface area contributed by atoms with Crippen LogP contribution in [0.15, 0.2) is 29.2 Å². The molecule has 0 bridgehead atoms. The molecular weight excluding hydrogens is 310 g/mol. The highest BCUT2D eigenvalue weighted by Crippen LogP contribution is 2.26. The van der Waals surface area contributed by atoms with E-state index in [0.29, 0.717) is 10.8 Å². The van der Waals surface area contributed by atoms with Crippen molar-refractivity contribution in [3.63, 3.8) is 0 Å². The maximum Gasteiger partial charge on any atom is 0.322 e. The van der Waals surface area contributed by atoms with Crippen molar-refractivity contribution in [3.8, 4) is 0 Å². The third-order valence-electron chi connectivity index (χ3n) is 2.77. The zero-order valence-corrected chi connectivity index (χ0v) is 12.2. The summed E-state index contributed by atoms with van der Waals surface area (Å²) in [6.45, 7) is 0.191. The van der Waals surface area contributed by atoms with E-state index >= 15 is 0 Å². The summed E-state index contributed by atoms with van der Waals surface area (Å²) in [7, 11) is -3.82. The molecule has 8 heteroatoms. The van der Waals surface area contributed by atoms with Crippen LogP contribution in [0.1, 0.15) is 0 Å². The molecule has 1 heterocycles. The van der Waals surface area contributed by atoms with E-state index in [0.717, 1.165) is 4.31 Å². The Bertz CT molecular complexity index is 590. The van der Waals surface area contributed by atoms with Gasteiger partial charge in [0, 0.05) is 23.1 Å². The van der Waals surface area contributed by atoms with E-state index in [2.05, 4.69) is 0 Å². The second-order valence-electron chi connectivity index (χ2n) is 4.00. The molecule has 1 aromatic carbocycles. The van der Waals surface area contributed by atoms with Crippen molar-refractivity contribution in [3.05, 3.63) is 29.3 Å². The van der Waals surface area contributed by atoms with E-state index in [1.807, 2.05) is 0 Å². The molecule has 1 aromatic rings. The molecule has 0 amide bonds. The van der Waals surface area contributed by atoms with Crippen molar-refractivity contribution in [2.75, 3.05) is 18.1 Å². The number of thioether (sulfide) groups is 1. The van der Waals surface area contributed by atoms with E-state index < -0.39 is 22.0 Å². The molecule has 1 aliphatic heterocycles. The Hall–Kier alpha value is -0.760. The SMILES string of the molecule is O=C(O)C1CSCCN1S(=O)(=O)c1cccc(Cl)c1. The zero-order chi connectivity index (χ0) is 14.0. The quantitative estimate of drug-likeness (QED) is 0.914. The zero-order valence-electron chi connectivity index (χ0n) is 9.82. The fourth-order valence-electron chi connectivity index (χ4n) is 1.83. The van der Waals surface area contributed by atoms with Gasteiger partial charge in [0.2, 0.25) is 10.0 Å². The predicted octanol–water partition coefficient (Wildman–Crippen LogP) is 1.53. The summed E-state index contributed by atoms with van der Waals surface area (Å²) in [5, 5.41) is 9.43. The first-order valence-corrected chi connectivity index (χ1v) is 8.48. The van der Waals surface area contributed by atoms with Gasteiger partial charge < -0.3 is 5.11 Å². The Balaban J connectivity index is 2.40. The molecule has 19 heavy (non-hydrogen) atoms. The van der Waals surface area contributed by atoms with Crippen LogP contribution in [-0.2, 0) is 14.8 Å². The largest absolute Gasteiger partial charge is 0.480 e. The molecule has 1 N–H and O–H groups in total. The molecule has 1 aliphatic rings. The van der Waals surface area contributed by atoms with E-state index in [1.54, 1.807) is 6.07 Å². The lowest BCUT2D eigenvalue weighted by Crippen LogP contribution is -2.50. The van der Waals surface area contributed by atoms with E-state index in [9.17, 15) is 13.2 Å². The van der Waals surface area contributed by atoms with Gasteiger partial charge in [-0.1, -0.05) is 17.7 Å². The van der Waals surface area contributed by atoms with Crippen molar-refractivity contribution in [1.29, 1.82) is 0 Å². The highest BCUT2D eigenvalue weighted by atomic mass is 35.5. The number of carboxylic acids is 1. The fourth-order valence-corrected chi connectivity index (χ4v) is 4.97. The Morgan fingerprint density at radius 3 is 2.84 bits per heavy atom. The van der Waals surface area contributed by atoms with Crippen LogP contribution in [0.25, 0.3) is 0 Å². The highest BCUT2D eigenvalue weighted by Gasteiger charge is 2.37. The molecule has 0 aliphatic carbocycles. The van der Waals surface area contributed by atoms with E-state index in [-0.39, 0.29) is 17.2 Å². The van der Waals surface area contributed by atoms with Gasteiger partial charge in [-0.2, -0.15) is 16.1 Å². The molecule has 1 atom stereocenters. The van der Waals surface area contributed by atoms with Gasteiger partial charge in [0.05, 0.1) is 4.90 Å². The third kappa shape index (κ3) is 3.05. The molecule has 2 rings (SSSR count). The Labute approximate surface area is 120 Å². The van der Waals surface area contributed by atoms with Gasteiger partial charge in [-0.3, -0.25) is 4.79 Å². The van der Waals surface area contributed by atoms with E-state index in [4.69, 9.17) is 16.7 Å². The Morgan fingerprint density at radius 2 is 2.21 bits per heavy atom. The number of halogens is 1. The highest BCUT2D eigenvalue weighted by molar-refractivity contribution is 7.99. The summed E-state index contributed by atoms with van der Waals surface area (Å²) >= 11 is 7.22. The molecule has 0 aromatic heterocycles. The topological polar surface area (TPSA) is 74.7 Å². The second-order valence-corrected chi connectivity index (χ2v) is 7.48. The van der Waals surface area contributed by atoms with Crippen LogP contribution in [0.4, 0.5) is 0 Å². The number of aliphatic carboxylic acids is 1. The van der Waals surface area contributed by atoms with Crippen molar-refractivity contribution >= 4 is 39.4 Å². The summed E-state index contributed by atoms with van der Waals surface area (Å²) in [4.78, 5) is 11.2. The van der Waals surface area contributed by atoms with Crippen LogP contribution in [-0.4, -0.2) is 47.9 Å². The number of nitrogens with zero attached hydrogens (tertiary/aromatic N) is 1. The number of carbonyl (C=O) groups is 1. The number of hydrogen-bond acceptors (Lipinski definition) is 4. The Morgan fingerprint density at radius 1 is 1.47 bits per heavy atom. The van der Waals surface area contributed by atoms with Crippen LogP contribution < -0.4 is 0 Å². The molecule has 1 fully saturated rings. The molecule has 5 nitrogen and oxygen atoms in total. The maximum absolute atomic E-state index is 12.4. The van der Waals surface area contributed by atoms with Crippen molar-refractivity contribution in [1.82, 2.24) is 4.31 Å². The van der Waals surface area contributed by atoms with Gasteiger partial charge in [-0.05, 0) is 18.2 Å². The number of rotatable bonds is 3. The van der Waals surface area contributed by atoms with Crippen LogP contribution in [0.2, 0.25) is 5.02 Å². The molecule has 0 saturated carbocycles. The van der Waals surface area contributed by atoms with Gasteiger partial charge in [0.25, 0.3) is 0 Å². The predicted molar refractivity (Wildman–Crippen MR) is 74.1 cm³/mol. The lowest BCUT2D eigenvalue weighted by Gasteiger charge is -2.31. The number of sulfonamides is 1. The first-order valence-electron chi connectivity index (χ1n) is 5.51. The van der Waals surface area contributed by atoms with Gasteiger partial charge in [0.1, 0.15) is 6.04 Å². The third-order valence-corrected chi connectivity index (χ3v) is 5.93. The van der Waals surface area contributed by atoms with Gasteiger partial charge in [-0.25, -0.2) is 8.42 Å². The maximum atomic E-state index is 12.4. The summed E-state index contributed by atoms with van der Waals surface area (Å²) < 4.78 is 25.9. The van der Waals surface area contributed by atoms with Gasteiger partial charge in [0.15, 0.2) is 0 Å². The van der Waals surface area contributed by atoms with Crippen LogP contribution in [0, 0.1) is 0 Å². The number of benzene rings is 1. The molecular formula is C11H12ClNO4S2. The molecule has 0 radical (unpaired) electrons. The second kappa shape index (κ2) is 5.70. The number of hydrogen-bond donors (Lipinski definition) is 1. The minimum absolute atomic E-state index is 0.0261. The summed E-state index contributed by atoms with van der Waals surface area (Å²) in [6, 6.07) is 4.83. The van der Waals surface area contributed by atoms with Gasteiger partial charge in [-0.15, -0.1) is 0 Å². The van der Waals surface area contributed by atoms with Gasteiger partial charge >= 0.3 is 5.97 Å². The lowest BCUT2D eigenvalue weighted by molar-refractivity contribution is -0.140. The number of carboxylic acid groups (broad SMARTS) is 1. The average molecular weight is 322 g/mol. The summed E-state index contributed by atoms with van der Waals surface area (Å²) in [5.74, 6) is -0.281. The minimum atomic E-state index is -3.82. The van der Waals surface area contributed by atoms with Crippen molar-refractivity contribution in [2.45, 2.75) is 10.9 Å². The monoisotopic (exact) mass is 321 g/mol. The molecule has 0 spiro atoms. The molecule has 1 unspecified atom stereocenters. The average Bonchev–Trinajstić information content (AvgIpc) is 2.38. The Kier molecular flexibility index (Phi) is 4.39. The normalized spacial score (nSPS) is 21.2. The standard InChI is InChI=1S/C11H12ClNO4S2/c12-8-2-1-3-9(6-8)19(16,17)13-4-5-18-7-10(13)11(14)15/h1-3,6,10H,4-5,7H2,(H,14,15).